The summed E-state index contributed by atoms with van der Waals surface area (Å²) in [5.41, 5.74) is 2.40. The summed E-state index contributed by atoms with van der Waals surface area (Å²) >= 11 is 0. The zero-order chi connectivity index (χ0) is 14.9. The van der Waals surface area contributed by atoms with Crippen molar-refractivity contribution in [1.82, 2.24) is 4.98 Å². The van der Waals surface area contributed by atoms with Gasteiger partial charge in [0.25, 0.3) is 0 Å². The third kappa shape index (κ3) is 2.89. The molecule has 0 amide bonds. The maximum atomic E-state index is 6.02. The molecule has 0 spiro atoms. The molecular weight excluding hydrogens is 258 g/mol. The summed E-state index contributed by atoms with van der Waals surface area (Å²) in [4.78, 5) is 4.35. The van der Waals surface area contributed by atoms with E-state index in [0.29, 0.717) is 0 Å². The van der Waals surface area contributed by atoms with Gasteiger partial charge in [-0.3, -0.25) is 4.98 Å². The number of ether oxygens (including phenoxy) is 1. The molecule has 3 rings (SSSR count). The molecule has 0 aliphatic rings. The van der Waals surface area contributed by atoms with E-state index in [4.69, 9.17) is 4.74 Å². The van der Waals surface area contributed by atoms with Gasteiger partial charge in [-0.25, -0.2) is 0 Å². The summed E-state index contributed by atoms with van der Waals surface area (Å²) in [6.45, 7) is 6.62. The van der Waals surface area contributed by atoms with Gasteiger partial charge in [0.1, 0.15) is 11.5 Å². The SMILES string of the molecule is CC(C)(C)c1ccc(Oc2ccnc3ccccc23)cc1. The lowest BCUT2D eigenvalue weighted by molar-refractivity contribution is 0.486. The Labute approximate surface area is 125 Å². The van der Waals surface area contributed by atoms with E-state index < -0.39 is 0 Å². The molecule has 0 saturated heterocycles. The largest absolute Gasteiger partial charge is 0.457 e. The molecule has 0 aliphatic carbocycles. The number of hydrogen-bond donors (Lipinski definition) is 0. The van der Waals surface area contributed by atoms with Crippen molar-refractivity contribution in [3.05, 3.63) is 66.4 Å². The molecule has 2 heteroatoms. The Kier molecular flexibility index (Phi) is 3.38. The van der Waals surface area contributed by atoms with E-state index in [9.17, 15) is 0 Å². The Morgan fingerprint density at radius 3 is 2.29 bits per heavy atom. The summed E-state index contributed by atoms with van der Waals surface area (Å²) < 4.78 is 6.02. The van der Waals surface area contributed by atoms with Gasteiger partial charge in [-0.15, -0.1) is 0 Å². The minimum Gasteiger partial charge on any atom is -0.457 e. The van der Waals surface area contributed by atoms with E-state index in [2.05, 4.69) is 37.9 Å². The van der Waals surface area contributed by atoms with Crippen molar-refractivity contribution in [3.8, 4) is 11.5 Å². The van der Waals surface area contributed by atoms with Crippen molar-refractivity contribution in [3.63, 3.8) is 0 Å². The molecule has 2 nitrogen and oxygen atoms in total. The fraction of sp³-hybridized carbons (Fsp3) is 0.211. The fourth-order valence-corrected chi connectivity index (χ4v) is 2.31. The molecule has 0 fully saturated rings. The average molecular weight is 277 g/mol. The van der Waals surface area contributed by atoms with Crippen LogP contribution in [0.25, 0.3) is 10.9 Å². The standard InChI is InChI=1S/C19H19NO/c1-19(2,3)14-8-10-15(11-9-14)21-18-12-13-20-17-7-5-4-6-16(17)18/h4-13H,1-3H3. The summed E-state index contributed by atoms with van der Waals surface area (Å²) in [7, 11) is 0. The molecule has 2 aromatic carbocycles. The Morgan fingerprint density at radius 2 is 1.57 bits per heavy atom. The number of hydrogen-bond acceptors (Lipinski definition) is 2. The topological polar surface area (TPSA) is 22.1 Å². The lowest BCUT2D eigenvalue weighted by atomic mass is 9.87. The van der Waals surface area contributed by atoms with Crippen LogP contribution in [0.5, 0.6) is 11.5 Å². The second-order valence-electron chi connectivity index (χ2n) is 6.20. The highest BCUT2D eigenvalue weighted by Gasteiger charge is 2.13. The van der Waals surface area contributed by atoms with Gasteiger partial charge >= 0.3 is 0 Å². The zero-order valence-electron chi connectivity index (χ0n) is 12.6. The van der Waals surface area contributed by atoms with Crippen molar-refractivity contribution in [2.75, 3.05) is 0 Å². The van der Waals surface area contributed by atoms with Crippen LogP contribution >= 0.6 is 0 Å². The maximum Gasteiger partial charge on any atom is 0.138 e. The van der Waals surface area contributed by atoms with Gasteiger partial charge in [0.2, 0.25) is 0 Å². The van der Waals surface area contributed by atoms with Crippen LogP contribution in [0.15, 0.2) is 60.8 Å². The molecule has 3 aromatic rings. The second kappa shape index (κ2) is 5.21. The van der Waals surface area contributed by atoms with Crippen LogP contribution in [0, 0.1) is 0 Å². The molecule has 21 heavy (non-hydrogen) atoms. The average Bonchev–Trinajstić information content (AvgIpc) is 2.47. The predicted octanol–water partition coefficient (Wildman–Crippen LogP) is 5.32. The number of rotatable bonds is 2. The number of nitrogens with zero attached hydrogens (tertiary/aromatic N) is 1. The van der Waals surface area contributed by atoms with E-state index in [1.54, 1.807) is 6.20 Å². The molecule has 0 N–H and O–H groups in total. The van der Waals surface area contributed by atoms with Crippen molar-refractivity contribution >= 4 is 10.9 Å². The quantitative estimate of drug-likeness (QED) is 0.632. The molecule has 0 bridgehead atoms. The van der Waals surface area contributed by atoms with E-state index in [-0.39, 0.29) is 5.41 Å². The van der Waals surface area contributed by atoms with Crippen LogP contribution < -0.4 is 4.74 Å². The van der Waals surface area contributed by atoms with Crippen LogP contribution in [0.1, 0.15) is 26.3 Å². The van der Waals surface area contributed by atoms with Crippen molar-refractivity contribution in [2.45, 2.75) is 26.2 Å². The molecule has 1 heterocycles. The van der Waals surface area contributed by atoms with Gasteiger partial charge in [-0.05, 0) is 41.3 Å². The lowest BCUT2D eigenvalue weighted by Crippen LogP contribution is -2.10. The van der Waals surface area contributed by atoms with Gasteiger partial charge in [0.05, 0.1) is 5.52 Å². The van der Waals surface area contributed by atoms with Crippen LogP contribution in [-0.2, 0) is 5.41 Å². The van der Waals surface area contributed by atoms with Gasteiger partial charge < -0.3 is 4.74 Å². The third-order valence-electron chi connectivity index (χ3n) is 3.56. The summed E-state index contributed by atoms with van der Waals surface area (Å²) in [6.07, 6.45) is 1.78. The first-order chi connectivity index (χ1) is 10.0. The minimum atomic E-state index is 0.155. The molecule has 106 valence electrons. The summed E-state index contributed by atoms with van der Waals surface area (Å²) in [5, 5.41) is 1.03. The van der Waals surface area contributed by atoms with E-state index >= 15 is 0 Å². The minimum absolute atomic E-state index is 0.155. The van der Waals surface area contributed by atoms with Gasteiger partial charge in [0, 0.05) is 11.6 Å². The Balaban J connectivity index is 1.92. The van der Waals surface area contributed by atoms with E-state index in [0.717, 1.165) is 22.4 Å². The smallest absolute Gasteiger partial charge is 0.138 e. The number of benzene rings is 2. The maximum absolute atomic E-state index is 6.02. The fourth-order valence-electron chi connectivity index (χ4n) is 2.31. The van der Waals surface area contributed by atoms with Crippen molar-refractivity contribution < 1.29 is 4.74 Å². The van der Waals surface area contributed by atoms with Gasteiger partial charge in [-0.1, -0.05) is 45.0 Å². The van der Waals surface area contributed by atoms with Crippen LogP contribution in [0.4, 0.5) is 0 Å². The second-order valence-corrected chi connectivity index (χ2v) is 6.20. The summed E-state index contributed by atoms with van der Waals surface area (Å²) in [5.74, 6) is 1.68. The Morgan fingerprint density at radius 1 is 0.857 bits per heavy atom. The Bertz CT molecular complexity index is 749. The van der Waals surface area contributed by atoms with Gasteiger partial charge in [-0.2, -0.15) is 0 Å². The van der Waals surface area contributed by atoms with Crippen LogP contribution in [0.2, 0.25) is 0 Å². The third-order valence-corrected chi connectivity index (χ3v) is 3.56. The highest BCUT2D eigenvalue weighted by atomic mass is 16.5. The first-order valence-corrected chi connectivity index (χ1v) is 7.16. The van der Waals surface area contributed by atoms with Crippen molar-refractivity contribution in [2.24, 2.45) is 0 Å². The molecule has 1 aromatic heterocycles. The van der Waals surface area contributed by atoms with Crippen LogP contribution in [0.3, 0.4) is 0 Å². The zero-order valence-corrected chi connectivity index (χ0v) is 12.6. The number of aromatic nitrogens is 1. The van der Waals surface area contributed by atoms with E-state index in [1.165, 1.54) is 5.56 Å². The number of para-hydroxylation sites is 1. The molecule has 0 saturated carbocycles. The first kappa shape index (κ1) is 13.6. The molecular formula is C19H19NO. The lowest BCUT2D eigenvalue weighted by Gasteiger charge is -2.19. The molecule has 0 unspecified atom stereocenters. The molecule has 0 radical (unpaired) electrons. The molecule has 0 atom stereocenters. The number of pyridine rings is 1. The normalized spacial score (nSPS) is 11.6. The van der Waals surface area contributed by atoms with Crippen molar-refractivity contribution in [1.29, 1.82) is 0 Å². The van der Waals surface area contributed by atoms with E-state index in [1.807, 2.05) is 42.5 Å². The highest BCUT2D eigenvalue weighted by molar-refractivity contribution is 5.84. The predicted molar refractivity (Wildman–Crippen MR) is 87.0 cm³/mol. The molecule has 0 aliphatic heterocycles. The highest BCUT2D eigenvalue weighted by Crippen LogP contribution is 2.30. The monoisotopic (exact) mass is 277 g/mol. The number of fused-ring (bicyclic) bond motifs is 1. The van der Waals surface area contributed by atoms with Gasteiger partial charge in [0.15, 0.2) is 0 Å². The summed E-state index contributed by atoms with van der Waals surface area (Å²) in [6, 6.07) is 18.2. The van der Waals surface area contributed by atoms with Crippen LogP contribution in [-0.4, -0.2) is 4.98 Å². The Hall–Kier alpha value is -2.35. The first-order valence-electron chi connectivity index (χ1n) is 7.16.